The van der Waals surface area contributed by atoms with E-state index in [4.69, 9.17) is 4.42 Å². The third-order valence-corrected chi connectivity index (χ3v) is 5.38. The number of hydrogen-bond acceptors (Lipinski definition) is 5. The smallest absolute Gasteiger partial charge is 0.234 e. The Labute approximate surface area is 147 Å². The summed E-state index contributed by atoms with van der Waals surface area (Å²) in [5, 5.41) is 2.96. The van der Waals surface area contributed by atoms with Crippen LogP contribution in [0.2, 0.25) is 0 Å². The molecule has 6 heteroatoms. The summed E-state index contributed by atoms with van der Waals surface area (Å²) in [6.07, 6.45) is 0. The van der Waals surface area contributed by atoms with Crippen LogP contribution < -0.4 is 5.32 Å². The molecule has 0 radical (unpaired) electrons. The van der Waals surface area contributed by atoms with Crippen molar-refractivity contribution in [3.8, 4) is 11.5 Å². The van der Waals surface area contributed by atoms with E-state index in [0.717, 1.165) is 11.1 Å². The average Bonchev–Trinajstić information content (AvgIpc) is 2.99. The Morgan fingerprint density at radius 1 is 1.00 bits per heavy atom. The Bertz CT molecular complexity index is 977. The fourth-order valence-corrected chi connectivity index (χ4v) is 3.77. The number of rotatable bonds is 5. The molecule has 0 fully saturated rings. The van der Waals surface area contributed by atoms with Gasteiger partial charge in [0.1, 0.15) is 0 Å². The quantitative estimate of drug-likeness (QED) is 0.738. The summed E-state index contributed by atoms with van der Waals surface area (Å²) in [5.74, 6) is 0.452. The Morgan fingerprint density at radius 2 is 1.64 bits per heavy atom. The Kier molecular flexibility index (Phi) is 4.63. The zero-order valence-corrected chi connectivity index (χ0v) is 15.2. The van der Waals surface area contributed by atoms with Crippen molar-refractivity contribution in [2.45, 2.75) is 36.7 Å². The highest BCUT2D eigenvalue weighted by Gasteiger charge is 2.29. The number of anilines is 1. The van der Waals surface area contributed by atoms with Crippen molar-refractivity contribution in [2.75, 3.05) is 5.32 Å². The molecule has 1 N–H and O–H groups in total. The molecule has 0 amide bonds. The van der Waals surface area contributed by atoms with E-state index in [2.05, 4.69) is 10.3 Å². The molecule has 0 aliphatic rings. The van der Waals surface area contributed by atoms with Crippen molar-refractivity contribution in [1.82, 2.24) is 4.98 Å². The fraction of sp³-hybridized carbons (Fsp3) is 0.211. The minimum Gasteiger partial charge on any atom is -0.419 e. The summed E-state index contributed by atoms with van der Waals surface area (Å²) in [7, 11) is -3.78. The standard InChI is InChI=1S/C19H20N2O3S/c1-13(2)20-18-19(25(22,23)15-10-5-4-6-11-15)21-17(24-18)16-12-8-7-9-14(16)3/h4-13,20H,1-3H3. The summed E-state index contributed by atoms with van der Waals surface area (Å²) < 4.78 is 31.8. The van der Waals surface area contributed by atoms with Crippen LogP contribution in [0.15, 0.2) is 68.9 Å². The molecule has 0 bridgehead atoms. The lowest BCUT2D eigenvalue weighted by atomic mass is 10.1. The molecule has 130 valence electrons. The second kappa shape index (κ2) is 6.72. The molecule has 3 rings (SSSR count). The molecular weight excluding hydrogens is 336 g/mol. The topological polar surface area (TPSA) is 72.2 Å². The number of sulfone groups is 1. The number of aromatic nitrogens is 1. The first kappa shape index (κ1) is 17.2. The number of nitrogens with zero attached hydrogens (tertiary/aromatic N) is 1. The predicted octanol–water partition coefficient (Wildman–Crippen LogP) is 4.30. The van der Waals surface area contributed by atoms with Crippen molar-refractivity contribution < 1.29 is 12.8 Å². The number of hydrogen-bond donors (Lipinski definition) is 1. The first-order chi connectivity index (χ1) is 11.9. The van der Waals surface area contributed by atoms with Crippen LogP contribution in [0.3, 0.4) is 0 Å². The monoisotopic (exact) mass is 356 g/mol. The van der Waals surface area contributed by atoms with Crippen LogP contribution in [0.1, 0.15) is 19.4 Å². The van der Waals surface area contributed by atoms with Gasteiger partial charge in [-0.25, -0.2) is 8.42 Å². The molecule has 0 saturated heterocycles. The third kappa shape index (κ3) is 3.44. The highest BCUT2D eigenvalue weighted by Crippen LogP contribution is 2.33. The Balaban J connectivity index is 2.17. The van der Waals surface area contributed by atoms with Gasteiger partial charge in [0.05, 0.1) is 4.90 Å². The first-order valence-electron chi connectivity index (χ1n) is 8.03. The summed E-state index contributed by atoms with van der Waals surface area (Å²) in [6, 6.07) is 15.8. The minimum atomic E-state index is -3.78. The van der Waals surface area contributed by atoms with Gasteiger partial charge < -0.3 is 9.73 Å². The lowest BCUT2D eigenvalue weighted by molar-refractivity contribution is 0.571. The summed E-state index contributed by atoms with van der Waals surface area (Å²) >= 11 is 0. The molecule has 25 heavy (non-hydrogen) atoms. The number of nitrogens with one attached hydrogen (secondary N) is 1. The minimum absolute atomic E-state index is 0.00222. The van der Waals surface area contributed by atoms with Crippen molar-refractivity contribution in [1.29, 1.82) is 0 Å². The molecule has 0 aliphatic heterocycles. The molecule has 1 aromatic heterocycles. The summed E-state index contributed by atoms with van der Waals surface area (Å²) in [4.78, 5) is 4.51. The molecule has 0 saturated carbocycles. The van der Waals surface area contributed by atoms with Crippen LogP contribution >= 0.6 is 0 Å². The van der Waals surface area contributed by atoms with Gasteiger partial charge in [-0.1, -0.05) is 36.4 Å². The average molecular weight is 356 g/mol. The Morgan fingerprint density at radius 3 is 2.28 bits per heavy atom. The van der Waals surface area contributed by atoms with Gasteiger partial charge in [-0.15, -0.1) is 0 Å². The number of benzene rings is 2. The molecule has 0 aliphatic carbocycles. The highest BCUT2D eigenvalue weighted by molar-refractivity contribution is 7.91. The maximum absolute atomic E-state index is 13.0. The normalized spacial score (nSPS) is 11.7. The molecular formula is C19H20N2O3S. The van der Waals surface area contributed by atoms with E-state index in [1.165, 1.54) is 0 Å². The van der Waals surface area contributed by atoms with E-state index in [1.807, 2.05) is 45.0 Å². The lowest BCUT2D eigenvalue weighted by Gasteiger charge is -2.08. The zero-order valence-electron chi connectivity index (χ0n) is 14.4. The van der Waals surface area contributed by atoms with E-state index in [9.17, 15) is 8.42 Å². The van der Waals surface area contributed by atoms with E-state index >= 15 is 0 Å². The van der Waals surface area contributed by atoms with Gasteiger partial charge in [0, 0.05) is 11.6 Å². The highest BCUT2D eigenvalue weighted by atomic mass is 32.2. The molecule has 3 aromatic rings. The van der Waals surface area contributed by atoms with E-state index < -0.39 is 9.84 Å². The molecule has 2 aromatic carbocycles. The van der Waals surface area contributed by atoms with Crippen molar-refractivity contribution in [2.24, 2.45) is 0 Å². The third-order valence-electron chi connectivity index (χ3n) is 3.70. The van der Waals surface area contributed by atoms with Gasteiger partial charge in [-0.05, 0) is 44.5 Å². The zero-order chi connectivity index (χ0) is 18.0. The maximum atomic E-state index is 13.0. The summed E-state index contributed by atoms with van der Waals surface area (Å²) in [5.41, 5.74) is 1.73. The molecule has 5 nitrogen and oxygen atoms in total. The van der Waals surface area contributed by atoms with E-state index in [-0.39, 0.29) is 27.7 Å². The van der Waals surface area contributed by atoms with Crippen LogP contribution in [-0.2, 0) is 9.84 Å². The van der Waals surface area contributed by atoms with Crippen LogP contribution in [0.25, 0.3) is 11.5 Å². The molecule has 0 atom stereocenters. The van der Waals surface area contributed by atoms with Gasteiger partial charge in [-0.2, -0.15) is 4.98 Å². The van der Waals surface area contributed by atoms with E-state index in [1.54, 1.807) is 30.3 Å². The fourth-order valence-electron chi connectivity index (χ4n) is 2.48. The van der Waals surface area contributed by atoms with Gasteiger partial charge in [0.15, 0.2) is 0 Å². The van der Waals surface area contributed by atoms with Crippen LogP contribution in [0, 0.1) is 6.92 Å². The Hall–Kier alpha value is -2.60. The van der Waals surface area contributed by atoms with Crippen molar-refractivity contribution in [3.05, 3.63) is 60.2 Å². The van der Waals surface area contributed by atoms with Gasteiger partial charge >= 0.3 is 0 Å². The SMILES string of the molecule is Cc1ccccc1-c1nc(S(=O)(=O)c2ccccc2)c(NC(C)C)o1. The van der Waals surface area contributed by atoms with Crippen molar-refractivity contribution >= 4 is 15.7 Å². The second-order valence-electron chi connectivity index (χ2n) is 6.08. The van der Waals surface area contributed by atoms with Crippen molar-refractivity contribution in [3.63, 3.8) is 0 Å². The molecule has 0 spiro atoms. The van der Waals surface area contributed by atoms with Gasteiger partial charge in [0.2, 0.25) is 26.6 Å². The van der Waals surface area contributed by atoms with E-state index in [0.29, 0.717) is 0 Å². The van der Waals surface area contributed by atoms with Gasteiger partial charge in [0.25, 0.3) is 0 Å². The molecule has 0 unspecified atom stereocenters. The lowest BCUT2D eigenvalue weighted by Crippen LogP contribution is -2.13. The largest absolute Gasteiger partial charge is 0.419 e. The van der Waals surface area contributed by atoms with Crippen LogP contribution in [0.4, 0.5) is 5.88 Å². The number of aryl methyl sites for hydroxylation is 1. The van der Waals surface area contributed by atoms with Gasteiger partial charge in [-0.3, -0.25) is 0 Å². The second-order valence-corrected chi connectivity index (χ2v) is 7.95. The first-order valence-corrected chi connectivity index (χ1v) is 9.51. The predicted molar refractivity (Wildman–Crippen MR) is 97.3 cm³/mol. The number of oxazole rings is 1. The summed E-state index contributed by atoms with van der Waals surface area (Å²) in [6.45, 7) is 5.75. The van der Waals surface area contributed by atoms with Crippen LogP contribution in [-0.4, -0.2) is 19.4 Å². The van der Waals surface area contributed by atoms with Crippen LogP contribution in [0.5, 0.6) is 0 Å². The molecule has 1 heterocycles. The maximum Gasteiger partial charge on any atom is 0.234 e.